The first-order valence-corrected chi connectivity index (χ1v) is 10.7. The van der Waals surface area contributed by atoms with E-state index in [-0.39, 0.29) is 18.4 Å². The van der Waals surface area contributed by atoms with Crippen molar-refractivity contribution in [3.05, 3.63) is 65.7 Å². The Labute approximate surface area is 183 Å². The van der Waals surface area contributed by atoms with E-state index in [1.54, 1.807) is 9.58 Å². The molecule has 0 atom stereocenters. The molecule has 2 aromatic carbocycles. The van der Waals surface area contributed by atoms with Crippen LogP contribution in [-0.4, -0.2) is 39.6 Å². The van der Waals surface area contributed by atoms with Crippen LogP contribution < -0.4 is 5.32 Å². The molecule has 0 bridgehead atoms. The second kappa shape index (κ2) is 10.1. The summed E-state index contributed by atoms with van der Waals surface area (Å²) in [5.41, 5.74) is 4.86. The van der Waals surface area contributed by atoms with E-state index in [0.29, 0.717) is 18.8 Å². The summed E-state index contributed by atoms with van der Waals surface area (Å²) in [5, 5.41) is 7.76. The lowest BCUT2D eigenvalue weighted by molar-refractivity contribution is -0.134. The summed E-state index contributed by atoms with van der Waals surface area (Å²) in [7, 11) is 0. The molecule has 162 valence electrons. The molecule has 1 aromatic heterocycles. The maximum atomic E-state index is 12.8. The van der Waals surface area contributed by atoms with Crippen LogP contribution in [-0.2, 0) is 9.59 Å². The summed E-state index contributed by atoms with van der Waals surface area (Å²) in [6, 6.07) is 17.9. The Balaban J connectivity index is 1.95. The summed E-state index contributed by atoms with van der Waals surface area (Å²) in [6.45, 7) is 8.47. The fraction of sp³-hybridized carbons (Fsp3) is 0.320. The Kier molecular flexibility index (Phi) is 7.23. The number of aromatic nitrogens is 2. The van der Waals surface area contributed by atoms with Gasteiger partial charge in [0.2, 0.25) is 11.8 Å². The Hall–Kier alpha value is -3.41. The minimum Gasteiger partial charge on any atom is -0.333 e. The number of nitrogens with zero attached hydrogens (tertiary/aromatic N) is 3. The van der Waals surface area contributed by atoms with E-state index in [4.69, 9.17) is 5.10 Å². The number of rotatable bonds is 8. The standard InChI is InChI=1S/C25H30N4O2/c1-5-14-28(25(31)6-2)17-24(30)26-23-16-21(20-10-8-7-9-11-20)27-29(23)22-13-12-18(3)15-19(22)4/h7-13,15-16H,5-6,14,17H2,1-4H3,(H,26,30). The molecule has 6 heteroatoms. The average Bonchev–Trinajstić information content (AvgIpc) is 3.16. The topological polar surface area (TPSA) is 67.2 Å². The van der Waals surface area contributed by atoms with Gasteiger partial charge in [0.15, 0.2) is 0 Å². The lowest BCUT2D eigenvalue weighted by Gasteiger charge is -2.21. The lowest BCUT2D eigenvalue weighted by Crippen LogP contribution is -2.38. The quantitative estimate of drug-likeness (QED) is 0.574. The highest BCUT2D eigenvalue weighted by Gasteiger charge is 2.18. The maximum absolute atomic E-state index is 12.8. The molecule has 0 aliphatic heterocycles. The number of hydrogen-bond acceptors (Lipinski definition) is 3. The van der Waals surface area contributed by atoms with E-state index in [2.05, 4.69) is 11.4 Å². The Morgan fingerprint density at radius 3 is 2.42 bits per heavy atom. The van der Waals surface area contributed by atoms with Gasteiger partial charge >= 0.3 is 0 Å². The second-order valence-corrected chi connectivity index (χ2v) is 7.70. The molecule has 0 aliphatic carbocycles. The number of carbonyl (C=O) groups excluding carboxylic acids is 2. The number of nitrogens with one attached hydrogen (secondary N) is 1. The van der Waals surface area contributed by atoms with Crippen molar-refractivity contribution in [2.45, 2.75) is 40.5 Å². The summed E-state index contributed by atoms with van der Waals surface area (Å²) in [5.74, 6) is 0.321. The van der Waals surface area contributed by atoms with E-state index in [1.165, 1.54) is 0 Å². The number of anilines is 1. The van der Waals surface area contributed by atoms with Crippen LogP contribution in [0.2, 0.25) is 0 Å². The van der Waals surface area contributed by atoms with Gasteiger partial charge in [-0.3, -0.25) is 9.59 Å². The first kappa shape index (κ1) is 22.3. The Morgan fingerprint density at radius 2 is 1.77 bits per heavy atom. The van der Waals surface area contributed by atoms with E-state index < -0.39 is 0 Å². The molecule has 0 aliphatic rings. The Morgan fingerprint density at radius 1 is 1.03 bits per heavy atom. The van der Waals surface area contributed by atoms with E-state index >= 15 is 0 Å². The monoisotopic (exact) mass is 418 g/mol. The zero-order valence-corrected chi connectivity index (χ0v) is 18.7. The highest BCUT2D eigenvalue weighted by atomic mass is 16.2. The zero-order chi connectivity index (χ0) is 22.4. The zero-order valence-electron chi connectivity index (χ0n) is 18.7. The van der Waals surface area contributed by atoms with E-state index in [9.17, 15) is 9.59 Å². The van der Waals surface area contributed by atoms with Gasteiger partial charge in [0, 0.05) is 24.6 Å². The summed E-state index contributed by atoms with van der Waals surface area (Å²) in [4.78, 5) is 26.6. The van der Waals surface area contributed by atoms with Crippen molar-refractivity contribution in [2.75, 3.05) is 18.4 Å². The highest BCUT2D eigenvalue weighted by Crippen LogP contribution is 2.26. The van der Waals surface area contributed by atoms with Crippen LogP contribution in [0.1, 0.15) is 37.8 Å². The Bertz CT molecular complexity index is 1060. The van der Waals surface area contributed by atoms with Crippen LogP contribution in [0.3, 0.4) is 0 Å². The molecule has 2 amide bonds. The van der Waals surface area contributed by atoms with E-state index in [0.717, 1.165) is 34.5 Å². The summed E-state index contributed by atoms with van der Waals surface area (Å²) in [6.07, 6.45) is 1.18. The molecule has 0 unspecified atom stereocenters. The third-order valence-electron chi connectivity index (χ3n) is 5.11. The average molecular weight is 419 g/mol. The summed E-state index contributed by atoms with van der Waals surface area (Å²) < 4.78 is 1.76. The summed E-state index contributed by atoms with van der Waals surface area (Å²) >= 11 is 0. The van der Waals surface area contributed by atoms with Crippen molar-refractivity contribution in [2.24, 2.45) is 0 Å². The van der Waals surface area contributed by atoms with Crippen LogP contribution in [0, 0.1) is 13.8 Å². The van der Waals surface area contributed by atoms with Crippen LogP contribution in [0.5, 0.6) is 0 Å². The molecule has 0 saturated carbocycles. The number of hydrogen-bond donors (Lipinski definition) is 1. The second-order valence-electron chi connectivity index (χ2n) is 7.70. The van der Waals surface area contributed by atoms with Gasteiger partial charge in [0.05, 0.1) is 17.9 Å². The highest BCUT2D eigenvalue weighted by molar-refractivity contribution is 5.94. The van der Waals surface area contributed by atoms with Gasteiger partial charge in [-0.1, -0.05) is 61.9 Å². The molecule has 0 radical (unpaired) electrons. The third-order valence-corrected chi connectivity index (χ3v) is 5.11. The molecule has 0 saturated heterocycles. The smallest absolute Gasteiger partial charge is 0.245 e. The van der Waals surface area contributed by atoms with Gasteiger partial charge in [0.25, 0.3) is 0 Å². The molecule has 0 fully saturated rings. The molecule has 1 N–H and O–H groups in total. The predicted molar refractivity (Wildman–Crippen MR) is 124 cm³/mol. The van der Waals surface area contributed by atoms with Crippen molar-refractivity contribution in [3.8, 4) is 16.9 Å². The van der Waals surface area contributed by atoms with Gasteiger partial charge in [-0.05, 0) is 31.9 Å². The molecule has 3 aromatic rings. The van der Waals surface area contributed by atoms with Crippen LogP contribution in [0.15, 0.2) is 54.6 Å². The van der Waals surface area contributed by atoms with Gasteiger partial charge in [-0.15, -0.1) is 0 Å². The molecular formula is C25H30N4O2. The molecular weight excluding hydrogens is 388 g/mol. The molecule has 6 nitrogen and oxygen atoms in total. The number of carbonyl (C=O) groups is 2. The van der Waals surface area contributed by atoms with E-state index in [1.807, 2.05) is 76.2 Å². The largest absolute Gasteiger partial charge is 0.333 e. The fourth-order valence-electron chi connectivity index (χ4n) is 3.59. The van der Waals surface area contributed by atoms with Crippen molar-refractivity contribution in [3.63, 3.8) is 0 Å². The molecule has 1 heterocycles. The van der Waals surface area contributed by atoms with Crippen molar-refractivity contribution < 1.29 is 9.59 Å². The number of benzene rings is 2. The van der Waals surface area contributed by atoms with Crippen LogP contribution in [0.4, 0.5) is 5.82 Å². The van der Waals surface area contributed by atoms with Crippen molar-refractivity contribution in [1.82, 2.24) is 14.7 Å². The minimum atomic E-state index is -0.235. The SMILES string of the molecule is CCCN(CC(=O)Nc1cc(-c2ccccc2)nn1-c1ccc(C)cc1C)C(=O)CC. The first-order chi connectivity index (χ1) is 14.9. The van der Waals surface area contributed by atoms with Gasteiger partial charge in [0.1, 0.15) is 5.82 Å². The minimum absolute atomic E-state index is 0.0233. The first-order valence-electron chi connectivity index (χ1n) is 10.7. The van der Waals surface area contributed by atoms with Gasteiger partial charge in [-0.2, -0.15) is 5.10 Å². The lowest BCUT2D eigenvalue weighted by atomic mass is 10.1. The third kappa shape index (κ3) is 5.40. The molecule has 31 heavy (non-hydrogen) atoms. The van der Waals surface area contributed by atoms with Crippen LogP contribution >= 0.6 is 0 Å². The fourth-order valence-corrected chi connectivity index (χ4v) is 3.59. The van der Waals surface area contributed by atoms with Gasteiger partial charge < -0.3 is 10.2 Å². The van der Waals surface area contributed by atoms with Crippen LogP contribution in [0.25, 0.3) is 16.9 Å². The number of aryl methyl sites for hydroxylation is 2. The predicted octanol–water partition coefficient (Wildman–Crippen LogP) is 4.74. The normalized spacial score (nSPS) is 10.7. The van der Waals surface area contributed by atoms with Crippen molar-refractivity contribution in [1.29, 1.82) is 0 Å². The van der Waals surface area contributed by atoms with Crippen molar-refractivity contribution >= 4 is 17.6 Å². The molecule has 0 spiro atoms. The van der Waals surface area contributed by atoms with Gasteiger partial charge in [-0.25, -0.2) is 4.68 Å². The number of amides is 2. The molecule has 3 rings (SSSR count). The maximum Gasteiger partial charge on any atom is 0.245 e.